The molecule has 0 saturated carbocycles. The van der Waals surface area contributed by atoms with Crippen LogP contribution in [-0.2, 0) is 23.8 Å². The van der Waals surface area contributed by atoms with Gasteiger partial charge in [0.15, 0.2) is 0 Å². The Hall–Kier alpha value is -1.78. The van der Waals surface area contributed by atoms with E-state index in [1.807, 2.05) is 0 Å². The summed E-state index contributed by atoms with van der Waals surface area (Å²) in [6.07, 6.45) is 3.16. The first-order chi connectivity index (χ1) is 12.0. The van der Waals surface area contributed by atoms with Gasteiger partial charge >= 0.3 is 11.9 Å². The molecule has 148 valence electrons. The second-order valence-corrected chi connectivity index (χ2v) is 3.96. The molecule has 0 bridgehead atoms. The van der Waals surface area contributed by atoms with E-state index in [-0.39, 0.29) is 39.6 Å². The van der Waals surface area contributed by atoms with Gasteiger partial charge in [-0.25, -0.2) is 9.59 Å². The molecule has 0 aliphatic carbocycles. The number of aliphatic hydroxyl groups is 4. The molecule has 0 aromatic rings. The molecule has 9 heteroatoms. The maximum absolute atomic E-state index is 10.3. The topological polar surface area (TPSA) is 143 Å². The van der Waals surface area contributed by atoms with E-state index in [0.29, 0.717) is 26.1 Å². The average molecular weight is 366 g/mol. The van der Waals surface area contributed by atoms with Crippen LogP contribution in [-0.4, -0.2) is 85.2 Å². The van der Waals surface area contributed by atoms with E-state index in [2.05, 4.69) is 27.4 Å². The van der Waals surface area contributed by atoms with E-state index < -0.39 is 11.9 Å². The SMILES string of the molecule is C=CC(=O)OCCCO.C=CC(=O)OCCCO.OCCOCCO. The number of rotatable bonds is 12. The fourth-order valence-corrected chi connectivity index (χ4v) is 0.824. The lowest BCUT2D eigenvalue weighted by Gasteiger charge is -1.96. The predicted molar refractivity (Wildman–Crippen MR) is 90.7 cm³/mol. The Morgan fingerprint density at radius 2 is 1.04 bits per heavy atom. The number of aliphatic hydroxyl groups excluding tert-OH is 4. The lowest BCUT2D eigenvalue weighted by atomic mass is 10.5. The Kier molecular flexibility index (Phi) is 30.4. The summed E-state index contributed by atoms with van der Waals surface area (Å²) in [6.45, 7) is 7.72. The van der Waals surface area contributed by atoms with E-state index in [0.717, 1.165) is 12.2 Å². The highest BCUT2D eigenvalue weighted by Gasteiger charge is 1.92. The van der Waals surface area contributed by atoms with Crippen LogP contribution in [0.3, 0.4) is 0 Å². The molecule has 0 fully saturated rings. The van der Waals surface area contributed by atoms with Crippen molar-refractivity contribution >= 4 is 11.9 Å². The smallest absolute Gasteiger partial charge is 0.330 e. The van der Waals surface area contributed by atoms with E-state index in [1.54, 1.807) is 0 Å². The predicted octanol–water partition coefficient (Wildman–Crippen LogP) is -0.816. The summed E-state index contributed by atoms with van der Waals surface area (Å²) in [5.74, 6) is -0.882. The van der Waals surface area contributed by atoms with Gasteiger partial charge < -0.3 is 34.6 Å². The molecule has 0 rings (SSSR count). The monoisotopic (exact) mass is 366 g/mol. The van der Waals surface area contributed by atoms with Crippen molar-refractivity contribution in [2.24, 2.45) is 0 Å². The molecule has 0 spiro atoms. The Balaban J connectivity index is -0.000000293. The second kappa shape index (κ2) is 27.1. The van der Waals surface area contributed by atoms with Crippen LogP contribution in [0.5, 0.6) is 0 Å². The van der Waals surface area contributed by atoms with Gasteiger partial charge in [-0.1, -0.05) is 13.2 Å². The molecule has 0 aliphatic rings. The summed E-state index contributed by atoms with van der Waals surface area (Å²) >= 11 is 0. The normalized spacial score (nSPS) is 8.80. The van der Waals surface area contributed by atoms with E-state index in [1.165, 1.54) is 0 Å². The largest absolute Gasteiger partial charge is 0.462 e. The minimum absolute atomic E-state index is 0.0278. The average Bonchev–Trinajstić information content (AvgIpc) is 2.63. The fraction of sp³-hybridized carbons (Fsp3) is 0.625. The van der Waals surface area contributed by atoms with Crippen molar-refractivity contribution in [3.8, 4) is 0 Å². The van der Waals surface area contributed by atoms with Gasteiger partial charge in [-0.05, 0) is 0 Å². The van der Waals surface area contributed by atoms with Crippen molar-refractivity contribution in [3.63, 3.8) is 0 Å². The standard InChI is InChI=1S/2C6H10O3.C4H10O3/c2*1-2-6(8)9-5-3-4-7;5-1-3-7-4-2-6/h2*2,7H,1,3-5H2;5-6H,1-4H2. The molecule has 0 saturated heterocycles. The summed E-state index contributed by atoms with van der Waals surface area (Å²) in [5, 5.41) is 32.6. The van der Waals surface area contributed by atoms with Crippen LogP contribution < -0.4 is 0 Å². The zero-order valence-corrected chi connectivity index (χ0v) is 14.5. The molecule has 0 unspecified atom stereocenters. The van der Waals surface area contributed by atoms with Crippen LogP contribution in [0.25, 0.3) is 0 Å². The molecular formula is C16H30O9. The number of hydrogen-bond donors (Lipinski definition) is 4. The van der Waals surface area contributed by atoms with Crippen molar-refractivity contribution in [1.82, 2.24) is 0 Å². The Morgan fingerprint density at radius 3 is 1.28 bits per heavy atom. The maximum atomic E-state index is 10.3. The van der Waals surface area contributed by atoms with Crippen molar-refractivity contribution in [2.45, 2.75) is 12.8 Å². The van der Waals surface area contributed by atoms with E-state index in [4.69, 9.17) is 20.4 Å². The quantitative estimate of drug-likeness (QED) is 0.198. The third-order valence-electron chi connectivity index (χ3n) is 1.90. The number of carbonyl (C=O) groups is 2. The molecule has 4 N–H and O–H groups in total. The number of hydrogen-bond acceptors (Lipinski definition) is 9. The van der Waals surface area contributed by atoms with Crippen molar-refractivity contribution in [3.05, 3.63) is 25.3 Å². The van der Waals surface area contributed by atoms with Crippen LogP contribution in [0.15, 0.2) is 25.3 Å². The highest BCUT2D eigenvalue weighted by atomic mass is 16.5. The van der Waals surface area contributed by atoms with Gasteiger partial charge in [0.2, 0.25) is 0 Å². The molecule has 25 heavy (non-hydrogen) atoms. The fourth-order valence-electron chi connectivity index (χ4n) is 0.824. The summed E-state index contributed by atoms with van der Waals surface area (Å²) in [4.78, 5) is 20.5. The summed E-state index contributed by atoms with van der Waals surface area (Å²) < 4.78 is 13.7. The molecular weight excluding hydrogens is 336 g/mol. The van der Waals surface area contributed by atoms with Gasteiger partial charge in [0, 0.05) is 38.2 Å². The third-order valence-corrected chi connectivity index (χ3v) is 1.90. The molecule has 0 aliphatic heterocycles. The van der Waals surface area contributed by atoms with Gasteiger partial charge in [0.25, 0.3) is 0 Å². The van der Waals surface area contributed by atoms with Crippen molar-refractivity contribution < 1.29 is 44.2 Å². The molecule has 0 heterocycles. The van der Waals surface area contributed by atoms with E-state index in [9.17, 15) is 9.59 Å². The molecule has 9 nitrogen and oxygen atoms in total. The van der Waals surface area contributed by atoms with Gasteiger partial charge in [-0.15, -0.1) is 0 Å². The third kappa shape index (κ3) is 34.5. The summed E-state index contributed by atoms with van der Waals surface area (Å²) in [7, 11) is 0. The highest BCUT2D eigenvalue weighted by Crippen LogP contribution is 1.82. The molecule has 0 aromatic carbocycles. The minimum Gasteiger partial charge on any atom is -0.462 e. The van der Waals surface area contributed by atoms with Gasteiger partial charge in [-0.3, -0.25) is 0 Å². The first-order valence-electron chi connectivity index (χ1n) is 7.63. The van der Waals surface area contributed by atoms with Gasteiger partial charge in [0.1, 0.15) is 0 Å². The molecule has 0 amide bonds. The lowest BCUT2D eigenvalue weighted by molar-refractivity contribution is -0.138. The zero-order valence-electron chi connectivity index (χ0n) is 14.5. The van der Waals surface area contributed by atoms with Crippen LogP contribution in [0.1, 0.15) is 12.8 Å². The van der Waals surface area contributed by atoms with Crippen LogP contribution >= 0.6 is 0 Å². The van der Waals surface area contributed by atoms with Crippen LogP contribution in [0.2, 0.25) is 0 Å². The van der Waals surface area contributed by atoms with Crippen molar-refractivity contribution in [2.75, 3.05) is 52.9 Å². The number of esters is 2. The van der Waals surface area contributed by atoms with Gasteiger partial charge in [0.05, 0.1) is 39.6 Å². The highest BCUT2D eigenvalue weighted by molar-refractivity contribution is 5.81. The minimum atomic E-state index is -0.441. The lowest BCUT2D eigenvalue weighted by Crippen LogP contribution is -2.03. The van der Waals surface area contributed by atoms with Gasteiger partial charge in [-0.2, -0.15) is 0 Å². The number of carbonyl (C=O) groups excluding carboxylic acids is 2. The summed E-state index contributed by atoms with van der Waals surface area (Å²) in [5.41, 5.74) is 0. The first kappa shape index (κ1) is 28.0. The van der Waals surface area contributed by atoms with Crippen molar-refractivity contribution in [1.29, 1.82) is 0 Å². The molecule has 0 atom stereocenters. The molecule has 0 aromatic heterocycles. The Morgan fingerprint density at radius 1 is 0.680 bits per heavy atom. The second-order valence-electron chi connectivity index (χ2n) is 3.96. The summed E-state index contributed by atoms with van der Waals surface area (Å²) in [6, 6.07) is 0. The zero-order chi connectivity index (χ0) is 19.8. The molecule has 0 radical (unpaired) electrons. The van der Waals surface area contributed by atoms with E-state index >= 15 is 0 Å². The number of ether oxygens (including phenoxy) is 3. The van der Waals surface area contributed by atoms with Crippen LogP contribution in [0.4, 0.5) is 0 Å². The Labute approximate surface area is 148 Å². The maximum Gasteiger partial charge on any atom is 0.330 e. The Bertz CT molecular complexity index is 289. The first-order valence-corrected chi connectivity index (χ1v) is 7.63. The van der Waals surface area contributed by atoms with Crippen LogP contribution in [0, 0.1) is 0 Å².